The fourth-order valence-electron chi connectivity index (χ4n) is 1.90. The van der Waals surface area contributed by atoms with Gasteiger partial charge in [0, 0.05) is 36.8 Å². The van der Waals surface area contributed by atoms with Crippen molar-refractivity contribution < 1.29 is 27.4 Å². The highest BCUT2D eigenvalue weighted by atomic mass is 35.7. The first-order chi connectivity index (χ1) is 9.95. The van der Waals surface area contributed by atoms with E-state index in [1.807, 2.05) is 6.92 Å². The topological polar surface area (TPSA) is 82.1 Å². The van der Waals surface area contributed by atoms with Crippen LogP contribution in [0.2, 0.25) is 0 Å². The Bertz CT molecular complexity index is 416. The lowest BCUT2D eigenvalue weighted by Gasteiger charge is -2.16. The average molecular weight is 344 g/mol. The van der Waals surface area contributed by atoms with Crippen LogP contribution in [0.1, 0.15) is 13.3 Å². The maximum atomic E-state index is 11.6. The normalized spacial score (nSPS) is 19.4. The van der Waals surface area contributed by atoms with Gasteiger partial charge in [0.25, 0.3) is 0 Å². The Hall–Kier alpha value is -0.410. The molecule has 0 aromatic carbocycles. The Morgan fingerprint density at radius 3 is 2.24 bits per heavy atom. The van der Waals surface area contributed by atoms with Gasteiger partial charge >= 0.3 is 0 Å². The molecule has 0 N–H and O–H groups in total. The van der Waals surface area contributed by atoms with Crippen LogP contribution in [0.4, 0.5) is 0 Å². The quantitative estimate of drug-likeness (QED) is 0.394. The highest BCUT2D eigenvalue weighted by Crippen LogP contribution is 2.20. The first-order valence-corrected chi connectivity index (χ1v) is 9.27. The monoisotopic (exact) mass is 343 g/mol. The number of ether oxygens (including phenoxy) is 3. The summed E-state index contributed by atoms with van der Waals surface area (Å²) < 4.78 is 38.1. The van der Waals surface area contributed by atoms with E-state index >= 15 is 0 Å². The van der Waals surface area contributed by atoms with E-state index in [9.17, 15) is 13.2 Å². The van der Waals surface area contributed by atoms with E-state index in [2.05, 4.69) is 0 Å². The number of hydrogen-bond acceptors (Lipinski definition) is 6. The second kappa shape index (κ2) is 9.58. The zero-order valence-corrected chi connectivity index (χ0v) is 13.7. The number of nitrogens with zero attached hydrogens (tertiary/aromatic N) is 1. The first kappa shape index (κ1) is 18.6. The van der Waals surface area contributed by atoms with Crippen LogP contribution in [-0.4, -0.2) is 77.2 Å². The molecule has 1 atom stereocenters. The van der Waals surface area contributed by atoms with Crippen molar-refractivity contribution in [2.75, 3.05) is 52.7 Å². The smallest absolute Gasteiger partial charge is 0.237 e. The summed E-state index contributed by atoms with van der Waals surface area (Å²) in [6, 6.07) is 0. The van der Waals surface area contributed by atoms with E-state index in [1.54, 1.807) is 0 Å². The van der Waals surface area contributed by atoms with Crippen LogP contribution >= 0.6 is 10.7 Å². The van der Waals surface area contributed by atoms with E-state index in [0.29, 0.717) is 46.2 Å². The third-order valence-corrected chi connectivity index (χ3v) is 4.90. The average Bonchev–Trinajstić information content (AvgIpc) is 2.78. The predicted molar refractivity (Wildman–Crippen MR) is 77.9 cm³/mol. The minimum atomic E-state index is -3.68. The molecule has 1 heterocycles. The summed E-state index contributed by atoms with van der Waals surface area (Å²) in [5.41, 5.74) is 0. The summed E-state index contributed by atoms with van der Waals surface area (Å²) in [5.74, 6) is -0.208. The maximum Gasteiger partial charge on any atom is 0.237 e. The van der Waals surface area contributed by atoms with E-state index in [0.717, 1.165) is 0 Å². The van der Waals surface area contributed by atoms with Crippen LogP contribution in [0, 0.1) is 0 Å². The second-order valence-electron chi connectivity index (χ2n) is 4.56. The second-order valence-corrected chi connectivity index (χ2v) is 7.47. The van der Waals surface area contributed by atoms with Crippen LogP contribution < -0.4 is 0 Å². The number of halogens is 1. The number of likely N-dealkylation sites (tertiary alicyclic amines) is 1. The molecule has 0 bridgehead atoms. The molecule has 0 aromatic heterocycles. The third kappa shape index (κ3) is 7.42. The van der Waals surface area contributed by atoms with Crippen LogP contribution in [-0.2, 0) is 28.1 Å². The Labute approximate surface area is 129 Å². The van der Waals surface area contributed by atoms with Crippen molar-refractivity contribution in [3.8, 4) is 0 Å². The zero-order valence-electron chi connectivity index (χ0n) is 12.1. The summed E-state index contributed by atoms with van der Waals surface area (Å²) in [6.07, 6.45) is -0.0492. The van der Waals surface area contributed by atoms with E-state index in [4.69, 9.17) is 24.9 Å². The fraction of sp³-hybridized carbons (Fsp3) is 0.917. The van der Waals surface area contributed by atoms with Gasteiger partial charge in [0.15, 0.2) is 0 Å². The Morgan fingerprint density at radius 1 is 1.14 bits per heavy atom. The van der Waals surface area contributed by atoms with Gasteiger partial charge in [0.05, 0.1) is 33.0 Å². The lowest BCUT2D eigenvalue weighted by atomic mass is 10.4. The molecule has 1 saturated heterocycles. The standard InChI is InChI=1S/C12H22ClNO6S/c1-2-18-5-6-20-8-7-19-4-3-14-10-11(9-12(14)15)21(13,16)17/h11H,2-10H2,1H3. The molecule has 1 rings (SSSR count). The highest BCUT2D eigenvalue weighted by Gasteiger charge is 2.36. The molecule has 124 valence electrons. The van der Waals surface area contributed by atoms with Crippen molar-refractivity contribution in [3.63, 3.8) is 0 Å². The number of hydrogen-bond donors (Lipinski definition) is 0. The largest absolute Gasteiger partial charge is 0.379 e. The SMILES string of the molecule is CCOCCOCCOCCN1CC(S(=O)(=O)Cl)CC1=O. The van der Waals surface area contributed by atoms with Gasteiger partial charge in [-0.2, -0.15) is 0 Å². The maximum absolute atomic E-state index is 11.6. The lowest BCUT2D eigenvalue weighted by molar-refractivity contribution is -0.128. The van der Waals surface area contributed by atoms with E-state index in [-0.39, 0.29) is 18.9 Å². The van der Waals surface area contributed by atoms with Gasteiger partial charge in [-0.1, -0.05) is 0 Å². The minimum absolute atomic E-state index is 0.0492. The minimum Gasteiger partial charge on any atom is -0.379 e. The Kier molecular flexibility index (Phi) is 8.50. The van der Waals surface area contributed by atoms with Crippen molar-refractivity contribution in [2.24, 2.45) is 0 Å². The van der Waals surface area contributed by atoms with Crippen LogP contribution in [0.3, 0.4) is 0 Å². The molecule has 0 radical (unpaired) electrons. The summed E-state index contributed by atoms with van der Waals surface area (Å²) >= 11 is 0. The molecule has 1 unspecified atom stereocenters. The molecule has 0 aromatic rings. The summed E-state index contributed by atoms with van der Waals surface area (Å²) in [4.78, 5) is 13.1. The molecule has 1 aliphatic rings. The van der Waals surface area contributed by atoms with Crippen molar-refractivity contribution >= 4 is 25.6 Å². The van der Waals surface area contributed by atoms with Crippen LogP contribution in [0.25, 0.3) is 0 Å². The summed E-state index contributed by atoms with van der Waals surface area (Å²) in [7, 11) is 1.58. The van der Waals surface area contributed by atoms with Gasteiger partial charge in [0.1, 0.15) is 5.25 Å². The van der Waals surface area contributed by atoms with Gasteiger partial charge in [-0.15, -0.1) is 0 Å². The molecular formula is C12H22ClNO6S. The summed E-state index contributed by atoms with van der Waals surface area (Å²) in [6.45, 7) is 5.40. The van der Waals surface area contributed by atoms with Crippen LogP contribution in [0.15, 0.2) is 0 Å². The summed E-state index contributed by atoms with van der Waals surface area (Å²) in [5, 5.41) is -0.812. The van der Waals surface area contributed by atoms with Crippen molar-refractivity contribution in [3.05, 3.63) is 0 Å². The molecule has 21 heavy (non-hydrogen) atoms. The molecule has 1 aliphatic heterocycles. The van der Waals surface area contributed by atoms with Crippen molar-refractivity contribution in [1.82, 2.24) is 4.90 Å². The number of rotatable bonds is 11. The first-order valence-electron chi connectivity index (χ1n) is 6.89. The van der Waals surface area contributed by atoms with Gasteiger partial charge in [-0.3, -0.25) is 4.79 Å². The highest BCUT2D eigenvalue weighted by molar-refractivity contribution is 8.14. The van der Waals surface area contributed by atoms with Gasteiger partial charge in [-0.05, 0) is 6.92 Å². The number of carbonyl (C=O) groups excluding carboxylic acids is 1. The molecule has 0 spiro atoms. The molecule has 1 fully saturated rings. The number of carbonyl (C=O) groups is 1. The number of amides is 1. The Morgan fingerprint density at radius 2 is 1.71 bits per heavy atom. The van der Waals surface area contributed by atoms with E-state index in [1.165, 1.54) is 4.90 Å². The molecule has 7 nitrogen and oxygen atoms in total. The van der Waals surface area contributed by atoms with Gasteiger partial charge < -0.3 is 19.1 Å². The van der Waals surface area contributed by atoms with Gasteiger partial charge in [-0.25, -0.2) is 8.42 Å². The Balaban J connectivity index is 2.04. The molecule has 9 heteroatoms. The third-order valence-electron chi connectivity index (χ3n) is 3.03. The van der Waals surface area contributed by atoms with E-state index < -0.39 is 14.3 Å². The predicted octanol–water partition coefficient (Wildman–Crippen LogP) is 0.226. The fourth-order valence-corrected chi connectivity index (χ4v) is 2.96. The molecule has 0 saturated carbocycles. The lowest BCUT2D eigenvalue weighted by Crippen LogP contribution is -2.30. The molecular weight excluding hydrogens is 322 g/mol. The van der Waals surface area contributed by atoms with Crippen molar-refractivity contribution in [2.45, 2.75) is 18.6 Å². The molecule has 0 aliphatic carbocycles. The zero-order chi connectivity index (χ0) is 15.7. The van der Waals surface area contributed by atoms with Crippen LogP contribution in [0.5, 0.6) is 0 Å². The van der Waals surface area contributed by atoms with Crippen molar-refractivity contribution in [1.29, 1.82) is 0 Å². The van der Waals surface area contributed by atoms with Gasteiger partial charge in [0.2, 0.25) is 15.0 Å². The molecule has 1 amide bonds.